The van der Waals surface area contributed by atoms with Crippen LogP contribution < -0.4 is 0 Å². The van der Waals surface area contributed by atoms with E-state index < -0.39 is 23.1 Å². The number of aromatic hydroxyl groups is 4. The highest BCUT2D eigenvalue weighted by Crippen LogP contribution is 2.42. The summed E-state index contributed by atoms with van der Waals surface area (Å²) in [6.45, 7) is 3.22. The monoisotopic (exact) mass is 733 g/mol. The lowest BCUT2D eigenvalue weighted by Crippen LogP contribution is -2.07. The van der Waals surface area contributed by atoms with Crippen LogP contribution in [0.15, 0.2) is 72.8 Å². The number of carbonyl (C=O) groups excluding carboxylic acids is 2. The average molecular weight is 735 g/mol. The minimum atomic E-state index is -0.562. The summed E-state index contributed by atoms with van der Waals surface area (Å²) in [5, 5.41) is 47.0. The molecule has 7 nitrogen and oxygen atoms in total. The molecule has 0 aliphatic rings. The van der Waals surface area contributed by atoms with E-state index in [1.165, 1.54) is 48.5 Å². The van der Waals surface area contributed by atoms with Gasteiger partial charge < -0.3 is 25.4 Å². The van der Waals surface area contributed by atoms with Gasteiger partial charge in [0.1, 0.15) is 23.0 Å². The molecule has 0 atom stereocenters. The Kier molecular flexibility index (Phi) is 9.31. The molecule has 0 aliphatic carbocycles. The fourth-order valence-electron chi connectivity index (χ4n) is 6.01. The number of phenols is 4. The van der Waals surface area contributed by atoms with E-state index in [1.54, 1.807) is 13.8 Å². The number of H-pyrrole nitrogens is 1. The molecule has 0 bridgehead atoms. The van der Waals surface area contributed by atoms with Crippen molar-refractivity contribution < 1.29 is 30.0 Å². The van der Waals surface area contributed by atoms with E-state index in [9.17, 15) is 30.0 Å². The molecular weight excluding hydrogens is 708 g/mol. The van der Waals surface area contributed by atoms with Crippen molar-refractivity contribution in [1.29, 1.82) is 0 Å². The predicted molar refractivity (Wildman–Crippen MR) is 193 cm³/mol. The average Bonchev–Trinajstić information content (AvgIpc) is 3.40. The van der Waals surface area contributed by atoms with Crippen LogP contribution in [0, 0.1) is 13.8 Å². The highest BCUT2D eigenvalue weighted by Gasteiger charge is 2.27. The molecule has 49 heavy (non-hydrogen) atoms. The van der Waals surface area contributed by atoms with Crippen LogP contribution in [0.4, 0.5) is 0 Å². The number of rotatable bonds is 8. The molecule has 6 rings (SSSR count). The second-order valence-electron chi connectivity index (χ2n) is 11.7. The van der Waals surface area contributed by atoms with Crippen molar-refractivity contribution in [2.24, 2.45) is 0 Å². The van der Waals surface area contributed by atoms with E-state index >= 15 is 0 Å². The first-order valence-electron chi connectivity index (χ1n) is 14.9. The van der Waals surface area contributed by atoms with Gasteiger partial charge in [0.15, 0.2) is 11.6 Å². The molecule has 0 aliphatic heterocycles. The summed E-state index contributed by atoms with van der Waals surface area (Å²) in [5.41, 5.74) is 2.83. The minimum Gasteiger partial charge on any atom is -0.507 e. The zero-order valence-electron chi connectivity index (χ0n) is 26.0. The van der Waals surface area contributed by atoms with E-state index in [2.05, 4.69) is 4.98 Å². The van der Waals surface area contributed by atoms with Crippen molar-refractivity contribution >= 4 is 68.9 Å². The largest absolute Gasteiger partial charge is 0.507 e. The van der Waals surface area contributed by atoms with Crippen molar-refractivity contribution in [1.82, 2.24) is 4.98 Å². The summed E-state index contributed by atoms with van der Waals surface area (Å²) in [4.78, 5) is 30.5. The highest BCUT2D eigenvalue weighted by molar-refractivity contribution is 6.38. The number of nitrogens with one attached hydrogen (secondary N) is 1. The van der Waals surface area contributed by atoms with Crippen LogP contribution in [-0.2, 0) is 12.8 Å². The molecule has 0 saturated carbocycles. The molecule has 248 valence electrons. The summed E-state index contributed by atoms with van der Waals surface area (Å²) in [6.07, 6.45) is -0.121. The molecule has 0 radical (unpaired) electrons. The third-order valence-electron chi connectivity index (χ3n) is 8.57. The summed E-state index contributed by atoms with van der Waals surface area (Å²) in [6, 6.07) is 18.9. The molecular formula is C38H27Cl4NO6. The minimum absolute atomic E-state index is 0.0488. The van der Waals surface area contributed by atoms with Crippen LogP contribution in [-0.4, -0.2) is 37.0 Å². The first-order valence-corrected chi connectivity index (χ1v) is 16.4. The lowest BCUT2D eigenvalue weighted by atomic mass is 9.90. The zero-order valence-corrected chi connectivity index (χ0v) is 29.0. The van der Waals surface area contributed by atoms with Gasteiger partial charge in [-0.1, -0.05) is 64.6 Å². The number of halogens is 4. The van der Waals surface area contributed by atoms with Gasteiger partial charge in [-0.2, -0.15) is 0 Å². The normalized spacial score (nSPS) is 11.3. The van der Waals surface area contributed by atoms with Gasteiger partial charge in [-0.25, -0.2) is 0 Å². The number of hydrogen-bond acceptors (Lipinski definition) is 6. The van der Waals surface area contributed by atoms with Crippen LogP contribution in [0.2, 0.25) is 20.1 Å². The molecule has 5 N–H and O–H groups in total. The van der Waals surface area contributed by atoms with Gasteiger partial charge in [0.2, 0.25) is 0 Å². The molecule has 6 aromatic rings. The second kappa shape index (κ2) is 13.3. The van der Waals surface area contributed by atoms with Gasteiger partial charge in [0, 0.05) is 61.7 Å². The summed E-state index contributed by atoms with van der Waals surface area (Å²) >= 11 is 24.7. The van der Waals surface area contributed by atoms with Gasteiger partial charge in [-0.15, -0.1) is 0 Å². The number of aromatic nitrogens is 1. The number of aromatic amines is 1. The van der Waals surface area contributed by atoms with Crippen molar-refractivity contribution in [3.8, 4) is 23.0 Å². The van der Waals surface area contributed by atoms with Crippen LogP contribution in [0.25, 0.3) is 10.9 Å². The maximum Gasteiger partial charge on any atom is 0.198 e. The quantitative estimate of drug-likeness (QED) is 0.0990. The number of carbonyl (C=O) groups is 2. The molecule has 0 spiro atoms. The summed E-state index contributed by atoms with van der Waals surface area (Å²) in [5.74, 6) is -2.40. The Labute approximate surface area is 300 Å². The van der Waals surface area contributed by atoms with Crippen LogP contribution in [0.1, 0.15) is 65.4 Å². The zero-order chi connectivity index (χ0) is 35.3. The van der Waals surface area contributed by atoms with Crippen LogP contribution >= 0.6 is 46.4 Å². The first-order chi connectivity index (χ1) is 23.3. The van der Waals surface area contributed by atoms with Crippen molar-refractivity contribution in [2.45, 2.75) is 26.7 Å². The number of benzene rings is 5. The Balaban J connectivity index is 1.46. The van der Waals surface area contributed by atoms with Crippen LogP contribution in [0.5, 0.6) is 23.0 Å². The highest BCUT2D eigenvalue weighted by atomic mass is 35.5. The van der Waals surface area contributed by atoms with Crippen molar-refractivity contribution in [3.63, 3.8) is 0 Å². The maximum absolute atomic E-state index is 13.6. The van der Waals surface area contributed by atoms with Gasteiger partial charge in [0.25, 0.3) is 0 Å². The summed E-state index contributed by atoms with van der Waals surface area (Å²) < 4.78 is 0. The first kappa shape index (κ1) is 34.2. The van der Waals surface area contributed by atoms with E-state index in [-0.39, 0.29) is 67.8 Å². The van der Waals surface area contributed by atoms with Crippen molar-refractivity contribution in [3.05, 3.63) is 149 Å². The van der Waals surface area contributed by atoms with Crippen molar-refractivity contribution in [2.75, 3.05) is 0 Å². The molecule has 0 fully saturated rings. The number of fused-ring (bicyclic) bond motifs is 1. The summed E-state index contributed by atoms with van der Waals surface area (Å²) in [7, 11) is 0. The molecule has 5 aromatic carbocycles. The van der Waals surface area contributed by atoms with Gasteiger partial charge in [-0.3, -0.25) is 9.59 Å². The Morgan fingerprint density at radius 3 is 1.53 bits per heavy atom. The molecule has 11 heteroatoms. The van der Waals surface area contributed by atoms with Gasteiger partial charge >= 0.3 is 0 Å². The third-order valence-corrected chi connectivity index (χ3v) is 9.67. The third kappa shape index (κ3) is 6.31. The Morgan fingerprint density at radius 2 is 1.04 bits per heavy atom. The van der Waals surface area contributed by atoms with Gasteiger partial charge in [-0.05, 0) is 85.1 Å². The smallest absolute Gasteiger partial charge is 0.198 e. The molecule has 0 amide bonds. The Bertz CT molecular complexity index is 2350. The lowest BCUT2D eigenvalue weighted by molar-refractivity contribution is 0.102. The number of para-hydroxylation sites is 1. The molecule has 0 saturated heterocycles. The van der Waals surface area contributed by atoms with E-state index in [1.807, 2.05) is 24.3 Å². The molecule has 0 unspecified atom stereocenters. The standard InChI is InChI=1S/C38H27Cl4NO6/c1-17-11-25(35(46)22-9-7-19(39)13-29(22)41)37(48)27(33(17)44)15-24-21-5-3-4-6-31(21)43-32(24)16-28-34(45)18(2)12-26(38(28)49)36(47)23-10-8-20(40)14-30(23)42/h3-14,43-45,48-49H,15-16H2,1-2H3. The topological polar surface area (TPSA) is 131 Å². The molecule has 1 heterocycles. The fraction of sp³-hybridized carbons (Fsp3) is 0.105. The van der Waals surface area contributed by atoms with E-state index in [0.29, 0.717) is 37.9 Å². The number of phenolic OH excluding ortho intramolecular Hbond substituents is 4. The fourth-order valence-corrected chi connectivity index (χ4v) is 7.00. The van der Waals surface area contributed by atoms with E-state index in [4.69, 9.17) is 46.4 Å². The lowest BCUT2D eigenvalue weighted by Gasteiger charge is -2.17. The van der Waals surface area contributed by atoms with Gasteiger partial charge in [0.05, 0.1) is 21.2 Å². The Morgan fingerprint density at radius 1 is 0.571 bits per heavy atom. The maximum atomic E-state index is 13.6. The number of ketones is 2. The van der Waals surface area contributed by atoms with E-state index in [0.717, 1.165) is 5.39 Å². The predicted octanol–water partition coefficient (Wildman–Crippen LogP) is 9.86. The SMILES string of the molecule is Cc1cc(C(=O)c2ccc(Cl)cc2Cl)c(O)c(Cc2[nH]c3ccccc3c2Cc2c(O)c(C)cc(C(=O)c3ccc(Cl)cc3Cl)c2O)c1O. The van der Waals surface area contributed by atoms with Crippen LogP contribution in [0.3, 0.4) is 0 Å². The Hall–Kier alpha value is -4.66. The second-order valence-corrected chi connectivity index (χ2v) is 13.4. The number of hydrogen-bond donors (Lipinski definition) is 5. The number of aryl methyl sites for hydroxylation is 2. The molecule has 1 aromatic heterocycles.